The van der Waals surface area contributed by atoms with Crippen molar-refractivity contribution in [2.75, 3.05) is 0 Å². The molecule has 0 saturated heterocycles. The van der Waals surface area contributed by atoms with Crippen LogP contribution in [-0.2, 0) is 0 Å². The molecule has 0 spiro atoms. The van der Waals surface area contributed by atoms with E-state index in [1.807, 2.05) is 6.20 Å². The maximum Gasteiger partial charge on any atom is 0.145 e. The van der Waals surface area contributed by atoms with Gasteiger partial charge in [-0.05, 0) is 77.5 Å². The Morgan fingerprint density at radius 2 is 0.842 bits per heavy atom. The van der Waals surface area contributed by atoms with Gasteiger partial charge in [-0.3, -0.25) is 9.55 Å². The lowest BCUT2D eigenvalue weighted by atomic mass is 10.0. The molecular formula is C52H33N5. The van der Waals surface area contributed by atoms with E-state index >= 15 is 0 Å². The predicted molar refractivity (Wildman–Crippen MR) is 236 cm³/mol. The van der Waals surface area contributed by atoms with Gasteiger partial charge >= 0.3 is 0 Å². The third kappa shape index (κ3) is 4.82. The van der Waals surface area contributed by atoms with E-state index in [1.165, 1.54) is 32.3 Å². The number of fused-ring (bicyclic) bond motifs is 8. The van der Waals surface area contributed by atoms with Crippen LogP contribution in [0.3, 0.4) is 0 Å². The first-order valence-corrected chi connectivity index (χ1v) is 19.3. The van der Waals surface area contributed by atoms with Crippen molar-refractivity contribution in [3.05, 3.63) is 200 Å². The van der Waals surface area contributed by atoms with Crippen molar-refractivity contribution in [3.63, 3.8) is 0 Å². The number of imidazole rings is 1. The van der Waals surface area contributed by atoms with Crippen molar-refractivity contribution in [1.29, 1.82) is 0 Å². The summed E-state index contributed by atoms with van der Waals surface area (Å²) >= 11 is 0. The molecule has 0 unspecified atom stereocenters. The van der Waals surface area contributed by atoms with Gasteiger partial charge in [0.2, 0.25) is 0 Å². The minimum atomic E-state index is 0.843. The highest BCUT2D eigenvalue weighted by molar-refractivity contribution is 6.11. The van der Waals surface area contributed by atoms with Gasteiger partial charge in [-0.2, -0.15) is 0 Å². The number of benzene rings is 8. The Bertz CT molecular complexity index is 3290. The summed E-state index contributed by atoms with van der Waals surface area (Å²) in [4.78, 5) is 10.6. The van der Waals surface area contributed by atoms with Crippen molar-refractivity contribution < 1.29 is 0 Å². The van der Waals surface area contributed by atoms with Crippen molar-refractivity contribution >= 4 is 65.4 Å². The van der Waals surface area contributed by atoms with E-state index < -0.39 is 0 Å². The van der Waals surface area contributed by atoms with Gasteiger partial charge in [0.05, 0.1) is 33.3 Å². The summed E-state index contributed by atoms with van der Waals surface area (Å²) in [5.41, 5.74) is 12.5. The topological polar surface area (TPSA) is 40.6 Å². The quantitative estimate of drug-likeness (QED) is 0.177. The molecule has 12 aromatic rings. The van der Waals surface area contributed by atoms with Gasteiger partial charge in [-0.1, -0.05) is 127 Å². The normalized spacial score (nSPS) is 11.9. The molecule has 0 amide bonds. The molecule has 4 heterocycles. The van der Waals surface area contributed by atoms with Gasteiger partial charge in [0.1, 0.15) is 11.3 Å². The molecule has 0 aliphatic carbocycles. The van der Waals surface area contributed by atoms with Gasteiger partial charge in [-0.25, -0.2) is 4.98 Å². The standard InChI is InChI=1S/C52H33N5/c1-2-16-38(17-3-1)57-49-28-29-53-50(36-27-26-34-14-4-5-15-35(34)30-36)51(49)54-52(57)37-31-39(55-45-22-10-6-18-41(45)42-19-7-11-23-46(42)55)33-40(32-37)56-47-24-12-8-20-43(47)44-21-9-13-25-48(44)56/h1-33H. The summed E-state index contributed by atoms with van der Waals surface area (Å²) in [6.07, 6.45) is 1.91. The molecule has 0 atom stereocenters. The molecule has 0 aliphatic heterocycles. The van der Waals surface area contributed by atoms with Gasteiger partial charge in [0, 0.05) is 55.9 Å². The summed E-state index contributed by atoms with van der Waals surface area (Å²) in [5.74, 6) is 0.843. The third-order valence-electron chi connectivity index (χ3n) is 11.4. The average molecular weight is 728 g/mol. The van der Waals surface area contributed by atoms with Crippen molar-refractivity contribution in [1.82, 2.24) is 23.7 Å². The Balaban J connectivity index is 1.20. The van der Waals surface area contributed by atoms with Crippen molar-refractivity contribution in [2.24, 2.45) is 0 Å². The van der Waals surface area contributed by atoms with Gasteiger partial charge in [-0.15, -0.1) is 0 Å². The van der Waals surface area contributed by atoms with Gasteiger partial charge < -0.3 is 9.13 Å². The predicted octanol–water partition coefficient (Wildman–Crippen LogP) is 13.1. The first-order chi connectivity index (χ1) is 28.3. The molecule has 266 valence electrons. The fourth-order valence-corrected chi connectivity index (χ4v) is 8.97. The second-order valence-electron chi connectivity index (χ2n) is 14.7. The Labute approximate surface area is 328 Å². The lowest BCUT2D eigenvalue weighted by Crippen LogP contribution is -2.02. The number of hydrogen-bond donors (Lipinski definition) is 0. The molecule has 5 heteroatoms. The Morgan fingerprint density at radius 3 is 1.42 bits per heavy atom. The van der Waals surface area contributed by atoms with Crippen LogP contribution in [0.25, 0.3) is 105 Å². The highest BCUT2D eigenvalue weighted by atomic mass is 15.1. The van der Waals surface area contributed by atoms with Crippen LogP contribution in [0.1, 0.15) is 0 Å². The summed E-state index contributed by atoms with van der Waals surface area (Å²) in [5, 5.41) is 7.26. The zero-order chi connectivity index (χ0) is 37.5. The highest BCUT2D eigenvalue weighted by Gasteiger charge is 2.22. The van der Waals surface area contributed by atoms with Crippen molar-refractivity contribution in [3.8, 4) is 39.7 Å². The molecule has 0 aliphatic rings. The summed E-state index contributed by atoms with van der Waals surface area (Å²) in [6, 6.07) is 69.5. The monoisotopic (exact) mass is 727 g/mol. The number of hydrogen-bond acceptors (Lipinski definition) is 2. The fourth-order valence-electron chi connectivity index (χ4n) is 8.97. The molecule has 0 N–H and O–H groups in total. The van der Waals surface area contributed by atoms with E-state index in [2.05, 4.69) is 208 Å². The number of aromatic nitrogens is 5. The van der Waals surface area contributed by atoms with Gasteiger partial charge in [0.25, 0.3) is 0 Å². The SMILES string of the molecule is c1ccc(-n2c(-c3cc(-n4c5ccccc5c5ccccc54)cc(-n4c5ccccc5c5ccccc54)c3)nc3c(-c4ccc5ccccc5c4)nccc32)cc1. The van der Waals surface area contributed by atoms with E-state index in [0.717, 1.165) is 72.8 Å². The average Bonchev–Trinajstić information content (AvgIpc) is 3.95. The van der Waals surface area contributed by atoms with E-state index in [-0.39, 0.29) is 0 Å². The Morgan fingerprint density at radius 1 is 0.333 bits per heavy atom. The fraction of sp³-hybridized carbons (Fsp3) is 0. The first kappa shape index (κ1) is 31.6. The lowest BCUT2D eigenvalue weighted by Gasteiger charge is -2.16. The largest absolute Gasteiger partial charge is 0.309 e. The first-order valence-electron chi connectivity index (χ1n) is 19.3. The number of pyridine rings is 1. The maximum absolute atomic E-state index is 5.59. The minimum Gasteiger partial charge on any atom is -0.309 e. The molecule has 0 bridgehead atoms. The maximum atomic E-state index is 5.59. The van der Waals surface area contributed by atoms with Crippen LogP contribution < -0.4 is 0 Å². The summed E-state index contributed by atoms with van der Waals surface area (Å²) < 4.78 is 7.11. The molecule has 4 aromatic heterocycles. The third-order valence-corrected chi connectivity index (χ3v) is 11.4. The molecule has 0 saturated carbocycles. The van der Waals surface area contributed by atoms with E-state index in [0.29, 0.717) is 0 Å². The van der Waals surface area contributed by atoms with Crippen molar-refractivity contribution in [2.45, 2.75) is 0 Å². The highest BCUT2D eigenvalue weighted by Crippen LogP contribution is 2.40. The van der Waals surface area contributed by atoms with Crippen LogP contribution in [0.15, 0.2) is 200 Å². The second kappa shape index (κ2) is 12.4. The number of rotatable bonds is 5. The molecule has 5 nitrogen and oxygen atoms in total. The van der Waals surface area contributed by atoms with E-state index in [4.69, 9.17) is 9.97 Å². The molecular weight excluding hydrogens is 695 g/mol. The lowest BCUT2D eigenvalue weighted by molar-refractivity contribution is 1.09. The smallest absolute Gasteiger partial charge is 0.145 e. The Hall–Kier alpha value is -7.76. The minimum absolute atomic E-state index is 0.843. The van der Waals surface area contributed by atoms with Crippen LogP contribution in [0.4, 0.5) is 0 Å². The van der Waals surface area contributed by atoms with E-state index in [1.54, 1.807) is 0 Å². The van der Waals surface area contributed by atoms with Crippen LogP contribution in [0.5, 0.6) is 0 Å². The molecule has 0 radical (unpaired) electrons. The molecule has 8 aromatic carbocycles. The van der Waals surface area contributed by atoms with Crippen LogP contribution in [0, 0.1) is 0 Å². The number of nitrogens with zero attached hydrogens (tertiary/aromatic N) is 5. The molecule has 0 fully saturated rings. The zero-order valence-corrected chi connectivity index (χ0v) is 30.8. The molecule has 12 rings (SSSR count). The van der Waals surface area contributed by atoms with Crippen LogP contribution in [0.2, 0.25) is 0 Å². The summed E-state index contributed by atoms with van der Waals surface area (Å²) in [7, 11) is 0. The van der Waals surface area contributed by atoms with Gasteiger partial charge in [0.15, 0.2) is 0 Å². The Kier molecular flexibility index (Phi) is 6.86. The zero-order valence-electron chi connectivity index (χ0n) is 30.8. The second-order valence-corrected chi connectivity index (χ2v) is 14.7. The van der Waals surface area contributed by atoms with E-state index in [9.17, 15) is 0 Å². The van der Waals surface area contributed by atoms with Crippen LogP contribution >= 0.6 is 0 Å². The molecule has 57 heavy (non-hydrogen) atoms. The van der Waals surface area contributed by atoms with Crippen LogP contribution in [-0.4, -0.2) is 23.7 Å². The number of para-hydroxylation sites is 5. The summed E-state index contributed by atoms with van der Waals surface area (Å²) in [6.45, 7) is 0.